The van der Waals surface area contributed by atoms with Gasteiger partial charge in [0.05, 0.1) is 19.4 Å². The number of aliphatic hydroxyl groups excluding tert-OH is 2. The van der Waals surface area contributed by atoms with Crippen molar-refractivity contribution in [3.05, 3.63) is 60.2 Å². The normalized spacial score (nSPS) is 10.7. The number of esters is 3. The standard InChI is InChI=1S/C14H18O4.C8H10O5/c1-11(14(17)18-10-13(16)9-15)7-8-12-5-3-2-4-6-12;1-5(2)8(12)13-7(11)4-3-6(9)10/h2-6,13,15-16H,1,7-10H2;1,3-4H2,2H3,(H,9,10). The van der Waals surface area contributed by atoms with E-state index in [0.29, 0.717) is 12.0 Å². The van der Waals surface area contributed by atoms with E-state index in [1.54, 1.807) is 0 Å². The molecule has 0 aliphatic carbocycles. The summed E-state index contributed by atoms with van der Waals surface area (Å²) in [6.07, 6.45) is -0.456. The summed E-state index contributed by atoms with van der Waals surface area (Å²) in [5.41, 5.74) is 1.59. The van der Waals surface area contributed by atoms with Crippen LogP contribution in [0.3, 0.4) is 0 Å². The minimum Gasteiger partial charge on any atom is -0.481 e. The number of ether oxygens (including phenoxy) is 2. The Morgan fingerprint density at radius 3 is 2.13 bits per heavy atom. The Balaban J connectivity index is 0.000000615. The van der Waals surface area contributed by atoms with Crippen LogP contribution < -0.4 is 0 Å². The van der Waals surface area contributed by atoms with Crippen LogP contribution in [0.15, 0.2) is 54.6 Å². The topological polar surface area (TPSA) is 147 Å². The molecule has 1 atom stereocenters. The molecule has 1 unspecified atom stereocenters. The fraction of sp³-hybridized carbons (Fsp3) is 0.364. The van der Waals surface area contributed by atoms with Crippen LogP contribution in [0, 0.1) is 0 Å². The first-order valence-electron chi connectivity index (χ1n) is 9.36. The van der Waals surface area contributed by atoms with E-state index in [9.17, 15) is 19.2 Å². The number of carboxylic acids is 1. The van der Waals surface area contributed by atoms with E-state index in [2.05, 4.69) is 17.9 Å². The number of aryl methyl sites for hydroxylation is 1. The number of rotatable bonds is 11. The zero-order chi connectivity index (χ0) is 23.8. The third-order valence-corrected chi connectivity index (χ3v) is 3.56. The molecule has 0 fully saturated rings. The summed E-state index contributed by atoms with van der Waals surface area (Å²) >= 11 is 0. The lowest BCUT2D eigenvalue weighted by Crippen LogP contribution is -2.22. The van der Waals surface area contributed by atoms with E-state index in [4.69, 9.17) is 20.1 Å². The molecule has 0 aliphatic rings. The number of aliphatic hydroxyl groups is 2. The average Bonchev–Trinajstić information content (AvgIpc) is 2.75. The molecule has 0 aromatic heterocycles. The number of aliphatic carboxylic acids is 1. The minimum atomic E-state index is -1.11. The molecule has 1 rings (SSSR count). The van der Waals surface area contributed by atoms with Crippen molar-refractivity contribution in [3.8, 4) is 0 Å². The van der Waals surface area contributed by atoms with Crippen LogP contribution in [0.5, 0.6) is 0 Å². The second-order valence-corrected chi connectivity index (χ2v) is 6.46. The summed E-state index contributed by atoms with van der Waals surface area (Å²) in [5.74, 6) is -3.32. The average molecular weight is 436 g/mol. The quantitative estimate of drug-likeness (QED) is 0.267. The Bertz CT molecular complexity index is 768. The summed E-state index contributed by atoms with van der Waals surface area (Å²) in [5, 5.41) is 25.8. The molecule has 3 N–H and O–H groups in total. The lowest BCUT2D eigenvalue weighted by Gasteiger charge is -2.09. The summed E-state index contributed by atoms with van der Waals surface area (Å²) in [4.78, 5) is 42.9. The highest BCUT2D eigenvalue weighted by molar-refractivity contribution is 5.95. The Labute approximate surface area is 180 Å². The zero-order valence-corrected chi connectivity index (χ0v) is 17.4. The van der Waals surface area contributed by atoms with Gasteiger partial charge >= 0.3 is 23.9 Å². The van der Waals surface area contributed by atoms with Crippen molar-refractivity contribution >= 4 is 23.9 Å². The van der Waals surface area contributed by atoms with Crippen LogP contribution in [0.2, 0.25) is 0 Å². The molecule has 31 heavy (non-hydrogen) atoms. The van der Waals surface area contributed by atoms with Gasteiger partial charge in [-0.05, 0) is 25.3 Å². The maximum absolute atomic E-state index is 11.5. The van der Waals surface area contributed by atoms with Crippen LogP contribution in [-0.2, 0) is 35.1 Å². The van der Waals surface area contributed by atoms with Gasteiger partial charge in [0, 0.05) is 11.1 Å². The van der Waals surface area contributed by atoms with Gasteiger partial charge in [0.2, 0.25) is 0 Å². The first kappa shape index (κ1) is 27.7. The highest BCUT2D eigenvalue weighted by Gasteiger charge is 2.12. The largest absolute Gasteiger partial charge is 0.481 e. The van der Waals surface area contributed by atoms with Gasteiger partial charge in [0.15, 0.2) is 0 Å². The monoisotopic (exact) mass is 436 g/mol. The molecular weight excluding hydrogens is 408 g/mol. The molecule has 0 bridgehead atoms. The number of carboxylic acid groups (broad SMARTS) is 1. The number of hydrogen-bond donors (Lipinski definition) is 3. The van der Waals surface area contributed by atoms with E-state index >= 15 is 0 Å². The van der Waals surface area contributed by atoms with Crippen LogP contribution in [-0.4, -0.2) is 58.5 Å². The van der Waals surface area contributed by atoms with Gasteiger partial charge in [0.1, 0.15) is 12.7 Å². The van der Waals surface area contributed by atoms with Crippen molar-refractivity contribution in [1.82, 2.24) is 0 Å². The molecule has 0 saturated carbocycles. The van der Waals surface area contributed by atoms with Gasteiger partial charge in [0.25, 0.3) is 0 Å². The van der Waals surface area contributed by atoms with Crippen molar-refractivity contribution in [2.75, 3.05) is 13.2 Å². The number of carbonyl (C=O) groups excluding carboxylic acids is 3. The minimum absolute atomic E-state index is 0.101. The fourth-order valence-corrected chi connectivity index (χ4v) is 1.82. The molecule has 1 aromatic carbocycles. The van der Waals surface area contributed by atoms with Crippen molar-refractivity contribution < 1.29 is 44.0 Å². The predicted octanol–water partition coefficient (Wildman–Crippen LogP) is 1.57. The molecule has 1 aromatic rings. The smallest absolute Gasteiger partial charge is 0.340 e. The summed E-state index contributed by atoms with van der Waals surface area (Å²) < 4.78 is 9.02. The van der Waals surface area contributed by atoms with Gasteiger partial charge in [-0.25, -0.2) is 9.59 Å². The Hall–Kier alpha value is -3.30. The number of benzene rings is 1. The molecule has 0 aliphatic heterocycles. The second-order valence-electron chi connectivity index (χ2n) is 6.46. The van der Waals surface area contributed by atoms with E-state index in [-0.39, 0.29) is 25.0 Å². The van der Waals surface area contributed by atoms with Crippen LogP contribution in [0.4, 0.5) is 0 Å². The third-order valence-electron chi connectivity index (χ3n) is 3.56. The zero-order valence-electron chi connectivity index (χ0n) is 17.4. The van der Waals surface area contributed by atoms with E-state index < -0.39 is 36.6 Å². The summed E-state index contributed by atoms with van der Waals surface area (Å²) in [6, 6.07) is 9.77. The maximum atomic E-state index is 11.5. The SMILES string of the molecule is C=C(C)C(=O)OC(=O)CCC(=O)O.C=C(CCc1ccccc1)C(=O)OCC(O)CO. The first-order valence-corrected chi connectivity index (χ1v) is 9.36. The van der Waals surface area contributed by atoms with Crippen molar-refractivity contribution in [2.45, 2.75) is 38.7 Å². The van der Waals surface area contributed by atoms with Gasteiger partial charge in [-0.1, -0.05) is 43.5 Å². The molecule has 9 nitrogen and oxygen atoms in total. The Kier molecular flexibility index (Phi) is 13.9. The Morgan fingerprint density at radius 1 is 1.00 bits per heavy atom. The van der Waals surface area contributed by atoms with Gasteiger partial charge in [-0.2, -0.15) is 0 Å². The summed E-state index contributed by atoms with van der Waals surface area (Å²) in [6.45, 7) is 7.68. The fourth-order valence-electron chi connectivity index (χ4n) is 1.82. The molecule has 0 heterocycles. The lowest BCUT2D eigenvalue weighted by atomic mass is 10.1. The van der Waals surface area contributed by atoms with Crippen molar-refractivity contribution in [3.63, 3.8) is 0 Å². The summed E-state index contributed by atoms with van der Waals surface area (Å²) in [7, 11) is 0. The third kappa shape index (κ3) is 14.3. The highest BCUT2D eigenvalue weighted by Crippen LogP contribution is 2.09. The molecule has 170 valence electrons. The van der Waals surface area contributed by atoms with Crippen LogP contribution in [0.25, 0.3) is 0 Å². The number of carbonyl (C=O) groups is 4. The van der Waals surface area contributed by atoms with E-state index in [0.717, 1.165) is 12.0 Å². The predicted molar refractivity (Wildman–Crippen MR) is 111 cm³/mol. The highest BCUT2D eigenvalue weighted by atomic mass is 16.6. The lowest BCUT2D eigenvalue weighted by molar-refractivity contribution is -0.158. The van der Waals surface area contributed by atoms with Gasteiger partial charge in [-0.3, -0.25) is 9.59 Å². The molecule has 0 amide bonds. The molecule has 0 spiro atoms. The Morgan fingerprint density at radius 2 is 1.61 bits per heavy atom. The van der Waals surface area contributed by atoms with Gasteiger partial charge < -0.3 is 24.8 Å². The maximum Gasteiger partial charge on any atom is 0.340 e. The van der Waals surface area contributed by atoms with Crippen LogP contribution in [0.1, 0.15) is 31.7 Å². The number of hydrogen-bond acceptors (Lipinski definition) is 8. The van der Waals surface area contributed by atoms with Crippen LogP contribution >= 0.6 is 0 Å². The molecule has 0 saturated heterocycles. The first-order chi connectivity index (χ1) is 14.6. The van der Waals surface area contributed by atoms with Gasteiger partial charge in [-0.15, -0.1) is 0 Å². The van der Waals surface area contributed by atoms with Crippen molar-refractivity contribution in [1.29, 1.82) is 0 Å². The molecular formula is C22H28O9. The van der Waals surface area contributed by atoms with Crippen molar-refractivity contribution in [2.24, 2.45) is 0 Å². The van der Waals surface area contributed by atoms with E-state index in [1.165, 1.54) is 6.92 Å². The second kappa shape index (κ2) is 15.5. The van der Waals surface area contributed by atoms with E-state index in [1.807, 2.05) is 30.3 Å². The molecule has 9 heteroatoms. The molecule has 0 radical (unpaired) electrons.